The summed E-state index contributed by atoms with van der Waals surface area (Å²) in [7, 11) is 0. The van der Waals surface area contributed by atoms with Crippen LogP contribution in [0.5, 0.6) is 0 Å². The van der Waals surface area contributed by atoms with Crippen LogP contribution in [0.4, 0.5) is 0 Å². The van der Waals surface area contributed by atoms with Gasteiger partial charge in [-0.05, 0) is 0 Å². The summed E-state index contributed by atoms with van der Waals surface area (Å²) < 4.78 is 0. The molecule has 0 aromatic rings. The van der Waals surface area contributed by atoms with Gasteiger partial charge in [-0.2, -0.15) is 0 Å². The van der Waals surface area contributed by atoms with E-state index < -0.39 is 0 Å². The molecular formula is CH9Cl4LiTi. The van der Waals surface area contributed by atoms with Crippen LogP contribution in [-0.4, -0.2) is 0 Å². The maximum Gasteiger partial charge on any atom is 1.00 e. The molecule has 0 heterocycles. The predicted molar refractivity (Wildman–Crippen MR) is 36.8 cm³/mol. The summed E-state index contributed by atoms with van der Waals surface area (Å²) in [6.07, 6.45) is 0. The van der Waals surface area contributed by atoms with E-state index in [1.807, 2.05) is 0 Å². The van der Waals surface area contributed by atoms with Crippen LogP contribution < -0.4 is 18.9 Å². The molecule has 0 spiro atoms. The maximum absolute atomic E-state index is 0. The molecule has 0 aliphatic heterocycles. The Bertz CT molecular complexity index is 16.0. The van der Waals surface area contributed by atoms with Crippen LogP contribution in [0.1, 0.15) is 8.85 Å². The molecule has 46 valence electrons. The first-order chi connectivity index (χ1) is 0. The largest absolute Gasteiger partial charge is 1.00 e. The van der Waals surface area contributed by atoms with Crippen LogP contribution in [0.25, 0.3) is 0 Å². The average Bonchev–Trinajstić information content (AvgIpc) is 0. The zero-order chi connectivity index (χ0) is 0. The van der Waals surface area contributed by atoms with Gasteiger partial charge in [0, 0.05) is 21.7 Å². The minimum absolute atomic E-state index is 0. The van der Waals surface area contributed by atoms with Gasteiger partial charge in [0.05, 0.1) is 0 Å². The minimum Gasteiger partial charge on any atom is -1.00 e. The molecule has 0 nitrogen and oxygen atoms in total. The van der Waals surface area contributed by atoms with E-state index in [-0.39, 0.29) is 99.1 Å². The Morgan fingerprint density at radius 1 is 0.714 bits per heavy atom. The van der Waals surface area contributed by atoms with Crippen molar-refractivity contribution in [3.63, 3.8) is 0 Å². The molecule has 0 bridgehead atoms. The third kappa shape index (κ3) is 58.1. The van der Waals surface area contributed by atoms with E-state index in [1.54, 1.807) is 0 Å². The van der Waals surface area contributed by atoms with E-state index in [4.69, 9.17) is 0 Å². The zero-order valence-electron chi connectivity index (χ0n) is 4.13. The molecule has 0 fully saturated rings. The molecule has 0 unspecified atom stereocenters. The molecule has 0 aromatic carbocycles. The van der Waals surface area contributed by atoms with Gasteiger partial charge in [0.1, 0.15) is 0 Å². The molecule has 0 saturated carbocycles. The summed E-state index contributed by atoms with van der Waals surface area (Å²) in [5.74, 6) is 0. The van der Waals surface area contributed by atoms with Crippen LogP contribution in [-0.2, 0) is 21.7 Å². The second kappa shape index (κ2) is 77.4. The maximum atomic E-state index is 0. The van der Waals surface area contributed by atoms with E-state index >= 15 is 0 Å². The third-order valence-corrected chi connectivity index (χ3v) is 0. The second-order valence-corrected chi connectivity index (χ2v) is 0. The first kappa shape index (κ1) is 111. The van der Waals surface area contributed by atoms with Gasteiger partial charge in [0.15, 0.2) is 0 Å². The molecule has 0 radical (unpaired) electrons. The number of halogens is 4. The SMILES string of the molecule is C.Cl.Cl.Cl.Cl.[H-].[Li+].[Ti]. The summed E-state index contributed by atoms with van der Waals surface area (Å²) in [6, 6.07) is 0. The molecular weight excluding hydrogens is 209 g/mol. The number of hydrogen-bond acceptors (Lipinski definition) is 0. The predicted octanol–water partition coefficient (Wildman–Crippen LogP) is -0.563. The van der Waals surface area contributed by atoms with Gasteiger partial charge >= 0.3 is 18.9 Å². The molecule has 0 aromatic heterocycles. The van der Waals surface area contributed by atoms with Crippen molar-refractivity contribution in [2.24, 2.45) is 0 Å². The van der Waals surface area contributed by atoms with E-state index in [0.29, 0.717) is 0 Å². The van der Waals surface area contributed by atoms with Gasteiger partial charge in [-0.15, -0.1) is 49.6 Å². The van der Waals surface area contributed by atoms with Gasteiger partial charge in [-0.3, -0.25) is 0 Å². The standard InChI is InChI=1S/CH4.4ClH.Li.Ti.H/h1H4;4*1H;;;/q;;;;;+1;;-1. The molecule has 0 rings (SSSR count). The Labute approximate surface area is 98.1 Å². The first-order valence-electron chi connectivity index (χ1n) is 0. The van der Waals surface area contributed by atoms with Crippen molar-refractivity contribution in [1.82, 2.24) is 0 Å². The van der Waals surface area contributed by atoms with Crippen LogP contribution in [0, 0.1) is 0 Å². The molecule has 0 atom stereocenters. The van der Waals surface area contributed by atoms with E-state index in [2.05, 4.69) is 0 Å². The van der Waals surface area contributed by atoms with Gasteiger partial charge in [0.25, 0.3) is 0 Å². The van der Waals surface area contributed by atoms with Gasteiger partial charge in [-0.25, -0.2) is 0 Å². The number of rotatable bonds is 0. The van der Waals surface area contributed by atoms with E-state index in [0.717, 1.165) is 0 Å². The van der Waals surface area contributed by atoms with Gasteiger partial charge in [0.2, 0.25) is 0 Å². The van der Waals surface area contributed by atoms with Crippen molar-refractivity contribution in [2.75, 3.05) is 0 Å². The molecule has 0 saturated heterocycles. The van der Waals surface area contributed by atoms with Crippen molar-refractivity contribution in [3.05, 3.63) is 0 Å². The van der Waals surface area contributed by atoms with Crippen LogP contribution >= 0.6 is 49.6 Å². The summed E-state index contributed by atoms with van der Waals surface area (Å²) in [5, 5.41) is 0. The number of hydrogen-bond donors (Lipinski definition) is 0. The van der Waals surface area contributed by atoms with Crippen molar-refractivity contribution in [1.29, 1.82) is 0 Å². The zero-order valence-corrected chi connectivity index (χ0v) is 7.96. The van der Waals surface area contributed by atoms with Gasteiger partial charge in [-0.1, -0.05) is 7.43 Å². The Balaban J connectivity index is 0. The molecule has 6 heteroatoms. The quantitative estimate of drug-likeness (QED) is 0.478. The van der Waals surface area contributed by atoms with Gasteiger partial charge < -0.3 is 1.43 Å². The Kier molecular flexibility index (Phi) is 1230. The third-order valence-electron chi connectivity index (χ3n) is 0. The molecule has 0 aliphatic rings. The fourth-order valence-corrected chi connectivity index (χ4v) is 0. The van der Waals surface area contributed by atoms with Crippen LogP contribution in [0.15, 0.2) is 0 Å². The first-order valence-corrected chi connectivity index (χ1v) is 0. The summed E-state index contributed by atoms with van der Waals surface area (Å²) in [4.78, 5) is 0. The van der Waals surface area contributed by atoms with E-state index in [1.165, 1.54) is 0 Å². The summed E-state index contributed by atoms with van der Waals surface area (Å²) in [5.41, 5.74) is 0. The summed E-state index contributed by atoms with van der Waals surface area (Å²) >= 11 is 0. The van der Waals surface area contributed by atoms with Crippen molar-refractivity contribution >= 4 is 49.6 Å². The molecule has 0 aliphatic carbocycles. The summed E-state index contributed by atoms with van der Waals surface area (Å²) in [6.45, 7) is 0. The monoisotopic (exact) mass is 216 g/mol. The Morgan fingerprint density at radius 3 is 0.714 bits per heavy atom. The molecule has 7 heavy (non-hydrogen) atoms. The van der Waals surface area contributed by atoms with Crippen molar-refractivity contribution in [2.45, 2.75) is 7.43 Å². The smallest absolute Gasteiger partial charge is 1.00 e. The van der Waals surface area contributed by atoms with Crippen LogP contribution in [0.2, 0.25) is 0 Å². The fourth-order valence-electron chi connectivity index (χ4n) is 0. The average molecular weight is 218 g/mol. The minimum atomic E-state index is 0. The fraction of sp³-hybridized carbons (Fsp3) is 1.00. The normalized spacial score (nSPS) is 0. The van der Waals surface area contributed by atoms with Crippen molar-refractivity contribution in [3.8, 4) is 0 Å². The molecule has 0 amide bonds. The van der Waals surface area contributed by atoms with Crippen molar-refractivity contribution < 1.29 is 42.0 Å². The molecule has 0 N–H and O–H groups in total. The topological polar surface area (TPSA) is 0 Å². The second-order valence-electron chi connectivity index (χ2n) is 0. The Hall–Kier alpha value is 2.47. The Morgan fingerprint density at radius 2 is 0.714 bits per heavy atom. The van der Waals surface area contributed by atoms with Crippen LogP contribution in [0.3, 0.4) is 0 Å². The van der Waals surface area contributed by atoms with E-state index in [9.17, 15) is 0 Å².